The molecule has 2 rings (SSSR count). The molecular formula is C14H21ClN2O. The molecule has 1 aromatic rings. The third kappa shape index (κ3) is 4.67. The summed E-state index contributed by atoms with van der Waals surface area (Å²) in [5, 5.41) is 6.25. The first-order valence-corrected chi connectivity index (χ1v) is 6.41. The number of benzene rings is 1. The zero-order valence-electron chi connectivity index (χ0n) is 10.5. The lowest BCUT2D eigenvalue weighted by Gasteiger charge is -2.22. The maximum Gasteiger partial charge on any atom is 0.237 e. The number of nitrogens with one attached hydrogen (secondary N) is 2. The number of halogens is 1. The Morgan fingerprint density at radius 3 is 2.72 bits per heavy atom. The molecule has 18 heavy (non-hydrogen) atoms. The molecule has 0 spiro atoms. The maximum absolute atomic E-state index is 11.8. The number of hydrogen-bond donors (Lipinski definition) is 2. The van der Waals surface area contributed by atoms with E-state index >= 15 is 0 Å². The second-order valence-electron chi connectivity index (χ2n) is 4.53. The minimum absolute atomic E-state index is 0. The van der Waals surface area contributed by atoms with E-state index in [4.69, 9.17) is 0 Å². The molecule has 1 aromatic carbocycles. The zero-order valence-corrected chi connectivity index (χ0v) is 11.3. The highest BCUT2D eigenvalue weighted by molar-refractivity contribution is 5.85. The molecule has 1 atom stereocenters. The fourth-order valence-corrected chi connectivity index (χ4v) is 2.17. The Labute approximate surface area is 115 Å². The molecule has 0 bridgehead atoms. The summed E-state index contributed by atoms with van der Waals surface area (Å²) in [6.45, 7) is 1.69. The molecule has 1 saturated heterocycles. The lowest BCUT2D eigenvalue weighted by atomic mass is 10.0. The minimum atomic E-state index is 0. The summed E-state index contributed by atoms with van der Waals surface area (Å²) in [6.07, 6.45) is 4.22. The average molecular weight is 269 g/mol. The van der Waals surface area contributed by atoms with Crippen LogP contribution in [0.2, 0.25) is 0 Å². The lowest BCUT2D eigenvalue weighted by Crippen LogP contribution is -2.47. The van der Waals surface area contributed by atoms with Crippen molar-refractivity contribution in [3.63, 3.8) is 0 Å². The second-order valence-corrected chi connectivity index (χ2v) is 4.53. The van der Waals surface area contributed by atoms with E-state index in [1.807, 2.05) is 18.2 Å². The van der Waals surface area contributed by atoms with Gasteiger partial charge in [-0.15, -0.1) is 12.4 Å². The monoisotopic (exact) mass is 268 g/mol. The summed E-state index contributed by atoms with van der Waals surface area (Å²) in [4.78, 5) is 11.8. The number of piperidine rings is 1. The van der Waals surface area contributed by atoms with Gasteiger partial charge < -0.3 is 10.6 Å². The molecular weight excluding hydrogens is 248 g/mol. The summed E-state index contributed by atoms with van der Waals surface area (Å²) in [6, 6.07) is 10.3. The molecule has 1 aliphatic heterocycles. The van der Waals surface area contributed by atoms with Crippen LogP contribution < -0.4 is 10.6 Å². The fraction of sp³-hybridized carbons (Fsp3) is 0.500. The minimum Gasteiger partial charge on any atom is -0.354 e. The molecule has 3 nitrogen and oxygen atoms in total. The molecule has 1 fully saturated rings. The van der Waals surface area contributed by atoms with Gasteiger partial charge in [0.05, 0.1) is 6.04 Å². The summed E-state index contributed by atoms with van der Waals surface area (Å²) in [7, 11) is 0. The molecule has 1 heterocycles. The van der Waals surface area contributed by atoms with E-state index in [9.17, 15) is 4.79 Å². The van der Waals surface area contributed by atoms with Crippen LogP contribution in [0, 0.1) is 0 Å². The molecule has 2 N–H and O–H groups in total. The number of rotatable bonds is 4. The highest BCUT2D eigenvalue weighted by Gasteiger charge is 2.19. The van der Waals surface area contributed by atoms with Gasteiger partial charge in [0.1, 0.15) is 0 Å². The number of amides is 1. The van der Waals surface area contributed by atoms with Gasteiger partial charge in [-0.2, -0.15) is 0 Å². The van der Waals surface area contributed by atoms with Crippen molar-refractivity contribution in [1.82, 2.24) is 10.6 Å². The van der Waals surface area contributed by atoms with Crippen LogP contribution in [0.15, 0.2) is 30.3 Å². The first-order chi connectivity index (χ1) is 8.36. The topological polar surface area (TPSA) is 41.1 Å². The van der Waals surface area contributed by atoms with Crippen LogP contribution in [0.3, 0.4) is 0 Å². The molecule has 100 valence electrons. The number of hydrogen-bond acceptors (Lipinski definition) is 2. The molecule has 0 radical (unpaired) electrons. The predicted octanol–water partition coefficient (Wildman–Crippen LogP) is 1.91. The van der Waals surface area contributed by atoms with Crippen LogP contribution in [-0.2, 0) is 11.2 Å². The second kappa shape index (κ2) is 8.11. The van der Waals surface area contributed by atoms with Crippen LogP contribution in [-0.4, -0.2) is 25.0 Å². The molecule has 0 aliphatic carbocycles. The van der Waals surface area contributed by atoms with Gasteiger partial charge >= 0.3 is 0 Å². The van der Waals surface area contributed by atoms with E-state index in [-0.39, 0.29) is 24.4 Å². The Balaban J connectivity index is 0.00000162. The van der Waals surface area contributed by atoms with E-state index in [1.165, 1.54) is 12.0 Å². The Morgan fingerprint density at radius 2 is 2.06 bits per heavy atom. The smallest absolute Gasteiger partial charge is 0.237 e. The van der Waals surface area contributed by atoms with Gasteiger partial charge in [-0.05, 0) is 31.4 Å². The fourth-order valence-electron chi connectivity index (χ4n) is 2.17. The highest BCUT2D eigenvalue weighted by atomic mass is 35.5. The molecule has 4 heteroatoms. The first kappa shape index (κ1) is 15.0. The molecule has 1 aliphatic rings. The van der Waals surface area contributed by atoms with Crippen molar-refractivity contribution in [3.05, 3.63) is 35.9 Å². The van der Waals surface area contributed by atoms with Crippen molar-refractivity contribution < 1.29 is 4.79 Å². The van der Waals surface area contributed by atoms with Crippen LogP contribution >= 0.6 is 12.4 Å². The van der Waals surface area contributed by atoms with Crippen LogP contribution in [0.25, 0.3) is 0 Å². The molecule has 0 saturated carbocycles. The van der Waals surface area contributed by atoms with E-state index in [0.717, 1.165) is 32.4 Å². The third-order valence-corrected chi connectivity index (χ3v) is 3.18. The van der Waals surface area contributed by atoms with E-state index in [2.05, 4.69) is 22.8 Å². The Hall–Kier alpha value is -1.06. The third-order valence-electron chi connectivity index (χ3n) is 3.18. The standard InChI is InChI=1S/C14H20N2O.ClH/c17-14(13-8-4-5-10-15-13)16-11-9-12-6-2-1-3-7-12;/h1-3,6-7,13,15H,4-5,8-11H2,(H,16,17);1H. The van der Waals surface area contributed by atoms with Gasteiger partial charge in [0.2, 0.25) is 5.91 Å². The molecule has 1 unspecified atom stereocenters. The Bertz CT molecular complexity index is 350. The van der Waals surface area contributed by atoms with Gasteiger partial charge in [0, 0.05) is 6.54 Å². The van der Waals surface area contributed by atoms with E-state index in [1.54, 1.807) is 0 Å². The maximum atomic E-state index is 11.8. The van der Waals surface area contributed by atoms with Crippen LogP contribution in [0.4, 0.5) is 0 Å². The Morgan fingerprint density at radius 1 is 1.28 bits per heavy atom. The van der Waals surface area contributed by atoms with Crippen molar-refractivity contribution in [2.45, 2.75) is 31.7 Å². The first-order valence-electron chi connectivity index (χ1n) is 6.41. The van der Waals surface area contributed by atoms with Gasteiger partial charge in [-0.3, -0.25) is 4.79 Å². The normalized spacial score (nSPS) is 18.8. The number of carbonyl (C=O) groups excluding carboxylic acids is 1. The summed E-state index contributed by atoms with van der Waals surface area (Å²) in [5.74, 6) is 0.153. The van der Waals surface area contributed by atoms with Gasteiger partial charge in [0.15, 0.2) is 0 Å². The highest BCUT2D eigenvalue weighted by Crippen LogP contribution is 2.06. The zero-order chi connectivity index (χ0) is 11.9. The van der Waals surface area contributed by atoms with Crippen molar-refractivity contribution in [2.24, 2.45) is 0 Å². The predicted molar refractivity (Wildman–Crippen MR) is 76.0 cm³/mol. The largest absolute Gasteiger partial charge is 0.354 e. The van der Waals surface area contributed by atoms with E-state index < -0.39 is 0 Å². The lowest BCUT2D eigenvalue weighted by molar-refractivity contribution is -0.123. The van der Waals surface area contributed by atoms with Gasteiger partial charge in [-0.1, -0.05) is 36.8 Å². The van der Waals surface area contributed by atoms with Crippen molar-refractivity contribution in [3.8, 4) is 0 Å². The van der Waals surface area contributed by atoms with Crippen molar-refractivity contribution in [1.29, 1.82) is 0 Å². The van der Waals surface area contributed by atoms with Gasteiger partial charge in [0.25, 0.3) is 0 Å². The number of carbonyl (C=O) groups is 1. The van der Waals surface area contributed by atoms with Crippen LogP contribution in [0.1, 0.15) is 24.8 Å². The summed E-state index contributed by atoms with van der Waals surface area (Å²) in [5.41, 5.74) is 1.27. The SMILES string of the molecule is Cl.O=C(NCCc1ccccc1)C1CCCCN1. The molecule has 1 amide bonds. The van der Waals surface area contributed by atoms with E-state index in [0.29, 0.717) is 0 Å². The average Bonchev–Trinajstić information content (AvgIpc) is 2.41. The summed E-state index contributed by atoms with van der Waals surface area (Å²) >= 11 is 0. The quantitative estimate of drug-likeness (QED) is 0.876. The summed E-state index contributed by atoms with van der Waals surface area (Å²) < 4.78 is 0. The van der Waals surface area contributed by atoms with Crippen LogP contribution in [0.5, 0.6) is 0 Å². The van der Waals surface area contributed by atoms with Crippen molar-refractivity contribution >= 4 is 18.3 Å². The van der Waals surface area contributed by atoms with Gasteiger partial charge in [-0.25, -0.2) is 0 Å². The Kier molecular flexibility index (Phi) is 6.76. The molecule has 0 aromatic heterocycles. The van der Waals surface area contributed by atoms with Crippen molar-refractivity contribution in [2.75, 3.05) is 13.1 Å².